The average molecular weight is 399 g/mol. The highest BCUT2D eigenvalue weighted by atomic mass is 16.5. The van der Waals surface area contributed by atoms with E-state index in [1.54, 1.807) is 0 Å². The maximum absolute atomic E-state index is 12.1. The Hall–Kier alpha value is -3.37. The van der Waals surface area contributed by atoms with E-state index in [0.717, 1.165) is 11.1 Å². The van der Waals surface area contributed by atoms with Crippen molar-refractivity contribution in [1.29, 1.82) is 0 Å². The van der Waals surface area contributed by atoms with Crippen molar-refractivity contribution in [2.24, 2.45) is 0 Å². The maximum Gasteiger partial charge on any atom is 0.407 e. The molecule has 4 rings (SSSR count). The fraction of sp³-hybridized carbons (Fsp3) is 0.192. The molecule has 30 heavy (non-hydrogen) atoms. The summed E-state index contributed by atoms with van der Waals surface area (Å²) in [5, 5.41) is 11.9. The summed E-state index contributed by atoms with van der Waals surface area (Å²) in [5.41, 5.74) is 6.82. The second-order valence-corrected chi connectivity index (χ2v) is 7.34. The first-order valence-electron chi connectivity index (χ1n) is 10.2. The first-order chi connectivity index (χ1) is 14.8. The molecular formula is C26H25NO3. The third kappa shape index (κ3) is 4.44. The van der Waals surface area contributed by atoms with Crippen LogP contribution in [0.2, 0.25) is 0 Å². The minimum absolute atomic E-state index is 0.0497. The average Bonchev–Trinajstić information content (AvgIpc) is 3.12. The van der Waals surface area contributed by atoms with E-state index in [0.29, 0.717) is 19.6 Å². The molecule has 0 atom stereocenters. The number of alkyl carbamates (subject to hydrolysis) is 1. The molecule has 0 fully saturated rings. The topological polar surface area (TPSA) is 58.6 Å². The molecule has 1 aliphatic carbocycles. The molecule has 0 spiro atoms. The number of hydrogen-bond acceptors (Lipinski definition) is 3. The molecule has 1 amide bonds. The molecule has 4 nitrogen and oxygen atoms in total. The summed E-state index contributed by atoms with van der Waals surface area (Å²) in [6.45, 7) is 0.892. The standard InChI is InChI=1S/C26H25NO3/c28-17-20-14-12-19(13-15-20)7-5-6-16-27-26(29)30-18-25-23-10-3-1-8-21(23)22-9-2-4-11-24(22)25/h1-5,7-15,25,28H,6,16-18H2,(H,27,29). The smallest absolute Gasteiger partial charge is 0.407 e. The Morgan fingerprint density at radius 1 is 0.933 bits per heavy atom. The van der Waals surface area contributed by atoms with Gasteiger partial charge in [-0.2, -0.15) is 0 Å². The molecule has 152 valence electrons. The van der Waals surface area contributed by atoms with Crippen LogP contribution in [-0.4, -0.2) is 24.4 Å². The molecule has 0 unspecified atom stereocenters. The molecular weight excluding hydrogens is 374 g/mol. The van der Waals surface area contributed by atoms with Gasteiger partial charge < -0.3 is 15.2 Å². The van der Waals surface area contributed by atoms with Crippen LogP contribution in [0.25, 0.3) is 17.2 Å². The van der Waals surface area contributed by atoms with Crippen molar-refractivity contribution in [3.05, 3.63) is 101 Å². The molecule has 3 aromatic carbocycles. The number of amides is 1. The number of ether oxygens (including phenoxy) is 1. The number of aliphatic hydroxyl groups is 1. The number of carbonyl (C=O) groups is 1. The molecule has 2 N–H and O–H groups in total. The van der Waals surface area contributed by atoms with E-state index in [2.05, 4.69) is 29.6 Å². The lowest BCUT2D eigenvalue weighted by Gasteiger charge is -2.14. The van der Waals surface area contributed by atoms with Gasteiger partial charge in [0.25, 0.3) is 0 Å². The molecule has 0 bridgehead atoms. The Morgan fingerprint density at radius 3 is 2.20 bits per heavy atom. The lowest BCUT2D eigenvalue weighted by molar-refractivity contribution is 0.143. The van der Waals surface area contributed by atoms with Crippen LogP contribution >= 0.6 is 0 Å². The van der Waals surface area contributed by atoms with E-state index in [1.165, 1.54) is 22.3 Å². The van der Waals surface area contributed by atoms with E-state index in [-0.39, 0.29) is 12.5 Å². The van der Waals surface area contributed by atoms with E-state index < -0.39 is 6.09 Å². The fourth-order valence-electron chi connectivity index (χ4n) is 3.86. The number of rotatable bonds is 7. The van der Waals surface area contributed by atoms with Gasteiger partial charge in [-0.15, -0.1) is 0 Å². The van der Waals surface area contributed by atoms with Gasteiger partial charge in [-0.1, -0.05) is 84.9 Å². The van der Waals surface area contributed by atoms with Crippen LogP contribution < -0.4 is 5.32 Å². The predicted octanol–water partition coefficient (Wildman–Crippen LogP) is 5.12. The van der Waals surface area contributed by atoms with Crippen molar-refractivity contribution >= 4 is 12.2 Å². The van der Waals surface area contributed by atoms with Gasteiger partial charge in [0.2, 0.25) is 0 Å². The number of carbonyl (C=O) groups excluding carboxylic acids is 1. The normalized spacial score (nSPS) is 12.6. The monoisotopic (exact) mass is 399 g/mol. The minimum atomic E-state index is -0.391. The zero-order valence-electron chi connectivity index (χ0n) is 16.8. The van der Waals surface area contributed by atoms with Gasteiger partial charge >= 0.3 is 6.09 Å². The summed E-state index contributed by atoms with van der Waals surface area (Å²) in [4.78, 5) is 12.1. The van der Waals surface area contributed by atoms with Crippen molar-refractivity contribution < 1.29 is 14.6 Å². The zero-order chi connectivity index (χ0) is 20.8. The van der Waals surface area contributed by atoms with Crippen LogP contribution in [0, 0.1) is 0 Å². The van der Waals surface area contributed by atoms with Gasteiger partial charge in [0.05, 0.1) is 6.61 Å². The minimum Gasteiger partial charge on any atom is -0.449 e. The quantitative estimate of drug-likeness (QED) is 0.542. The fourth-order valence-corrected chi connectivity index (χ4v) is 3.86. The second kappa shape index (κ2) is 9.42. The van der Waals surface area contributed by atoms with Crippen LogP contribution in [0.4, 0.5) is 4.79 Å². The van der Waals surface area contributed by atoms with Crippen LogP contribution in [0.5, 0.6) is 0 Å². The lowest BCUT2D eigenvalue weighted by atomic mass is 9.98. The van der Waals surface area contributed by atoms with Crippen molar-refractivity contribution in [3.8, 4) is 11.1 Å². The SMILES string of the molecule is O=C(NCCC=Cc1ccc(CO)cc1)OCC1c2ccccc2-c2ccccc21. The van der Waals surface area contributed by atoms with Crippen LogP contribution in [-0.2, 0) is 11.3 Å². The highest BCUT2D eigenvalue weighted by Gasteiger charge is 2.28. The Morgan fingerprint density at radius 2 is 1.57 bits per heavy atom. The van der Waals surface area contributed by atoms with E-state index in [9.17, 15) is 4.79 Å². The zero-order valence-corrected chi connectivity index (χ0v) is 16.8. The Bertz CT molecular complexity index is 995. The van der Waals surface area contributed by atoms with Crippen molar-refractivity contribution in [2.75, 3.05) is 13.2 Å². The highest BCUT2D eigenvalue weighted by molar-refractivity contribution is 5.79. The molecule has 0 saturated heterocycles. The van der Waals surface area contributed by atoms with Crippen molar-refractivity contribution in [3.63, 3.8) is 0 Å². The third-order valence-corrected chi connectivity index (χ3v) is 5.40. The molecule has 0 heterocycles. The molecule has 1 aliphatic rings. The number of benzene rings is 3. The van der Waals surface area contributed by atoms with Gasteiger partial charge in [-0.25, -0.2) is 4.79 Å². The first kappa shape index (κ1) is 19.9. The van der Waals surface area contributed by atoms with Crippen LogP contribution in [0.15, 0.2) is 78.9 Å². The van der Waals surface area contributed by atoms with Gasteiger partial charge in [-0.3, -0.25) is 0 Å². The van der Waals surface area contributed by atoms with Gasteiger partial charge in [0, 0.05) is 12.5 Å². The highest BCUT2D eigenvalue weighted by Crippen LogP contribution is 2.44. The Balaban J connectivity index is 1.26. The molecule has 0 aliphatic heterocycles. The summed E-state index contributed by atoms with van der Waals surface area (Å²) < 4.78 is 5.53. The molecule has 0 radical (unpaired) electrons. The number of hydrogen-bond donors (Lipinski definition) is 2. The largest absolute Gasteiger partial charge is 0.449 e. The summed E-state index contributed by atoms with van der Waals surface area (Å²) in [6.07, 6.45) is 4.34. The number of aliphatic hydroxyl groups excluding tert-OH is 1. The lowest BCUT2D eigenvalue weighted by Crippen LogP contribution is -2.26. The third-order valence-electron chi connectivity index (χ3n) is 5.40. The second-order valence-electron chi connectivity index (χ2n) is 7.34. The van der Waals surface area contributed by atoms with Crippen molar-refractivity contribution in [2.45, 2.75) is 18.9 Å². The molecule has 0 saturated carbocycles. The molecule has 3 aromatic rings. The van der Waals surface area contributed by atoms with Crippen molar-refractivity contribution in [1.82, 2.24) is 5.32 Å². The van der Waals surface area contributed by atoms with Gasteiger partial charge in [0.1, 0.15) is 6.61 Å². The predicted molar refractivity (Wildman–Crippen MR) is 119 cm³/mol. The number of fused-ring (bicyclic) bond motifs is 3. The van der Waals surface area contributed by atoms with E-state index in [1.807, 2.05) is 60.7 Å². The molecule has 0 aromatic heterocycles. The maximum atomic E-state index is 12.1. The van der Waals surface area contributed by atoms with E-state index in [4.69, 9.17) is 9.84 Å². The summed E-state index contributed by atoms with van der Waals surface area (Å²) in [6, 6.07) is 24.3. The number of nitrogens with one attached hydrogen (secondary N) is 1. The summed E-state index contributed by atoms with van der Waals surface area (Å²) in [7, 11) is 0. The van der Waals surface area contributed by atoms with Gasteiger partial charge in [0.15, 0.2) is 0 Å². The van der Waals surface area contributed by atoms with Crippen LogP contribution in [0.1, 0.15) is 34.6 Å². The Labute approximate surface area is 176 Å². The van der Waals surface area contributed by atoms with Crippen LogP contribution in [0.3, 0.4) is 0 Å². The molecule has 4 heteroatoms. The Kier molecular flexibility index (Phi) is 6.26. The van der Waals surface area contributed by atoms with E-state index >= 15 is 0 Å². The summed E-state index contributed by atoms with van der Waals surface area (Å²) >= 11 is 0. The first-order valence-corrected chi connectivity index (χ1v) is 10.2. The summed E-state index contributed by atoms with van der Waals surface area (Å²) in [5.74, 6) is 0.0740. The van der Waals surface area contributed by atoms with Gasteiger partial charge in [-0.05, 0) is 39.8 Å².